The Balaban J connectivity index is 1.80. The standard InChI is InChI=1S/C21H20FN3O3S/c1-2-7-19-23-21(25-24-19)29-18(20(26)27)12-14-8-4-6-11-17(14)28-13-15-9-3-5-10-16(15)22/h3-6,8-12H,2,7,13H2,1H3,(H,26,27)(H,23,24,25)/b18-12-. The lowest BCUT2D eigenvalue weighted by Gasteiger charge is -2.10. The summed E-state index contributed by atoms with van der Waals surface area (Å²) in [5.74, 6) is -0.277. The molecular weight excluding hydrogens is 393 g/mol. The first-order chi connectivity index (χ1) is 14.1. The van der Waals surface area contributed by atoms with Crippen molar-refractivity contribution in [1.82, 2.24) is 15.2 Å². The third kappa shape index (κ3) is 5.68. The Labute approximate surface area is 171 Å². The Morgan fingerprint density at radius 3 is 2.76 bits per heavy atom. The Morgan fingerprint density at radius 1 is 1.24 bits per heavy atom. The molecule has 1 heterocycles. The van der Waals surface area contributed by atoms with Gasteiger partial charge in [-0.3, -0.25) is 5.10 Å². The monoisotopic (exact) mass is 413 g/mol. The summed E-state index contributed by atoms with van der Waals surface area (Å²) >= 11 is 0.957. The SMILES string of the molecule is CCCc1nc(S/C(=C\c2ccccc2OCc2ccccc2F)C(=O)O)n[nH]1. The second kappa shape index (κ2) is 9.88. The van der Waals surface area contributed by atoms with Crippen molar-refractivity contribution in [3.8, 4) is 5.75 Å². The minimum absolute atomic E-state index is 0.0361. The predicted molar refractivity (Wildman–Crippen MR) is 109 cm³/mol. The van der Waals surface area contributed by atoms with Gasteiger partial charge in [-0.25, -0.2) is 14.2 Å². The van der Waals surface area contributed by atoms with E-state index in [2.05, 4.69) is 15.2 Å². The number of para-hydroxylation sites is 1. The molecule has 0 aliphatic rings. The molecule has 2 N–H and O–H groups in total. The van der Waals surface area contributed by atoms with E-state index in [4.69, 9.17) is 4.74 Å². The maximum absolute atomic E-state index is 13.8. The number of carboxylic acids is 1. The molecule has 150 valence electrons. The highest BCUT2D eigenvalue weighted by Gasteiger charge is 2.15. The van der Waals surface area contributed by atoms with Gasteiger partial charge in [-0.2, -0.15) is 0 Å². The van der Waals surface area contributed by atoms with Crippen LogP contribution in [-0.2, 0) is 17.8 Å². The van der Waals surface area contributed by atoms with E-state index in [-0.39, 0.29) is 17.3 Å². The molecule has 8 heteroatoms. The van der Waals surface area contributed by atoms with Crippen molar-refractivity contribution in [2.45, 2.75) is 31.5 Å². The number of aliphatic carboxylic acids is 1. The van der Waals surface area contributed by atoms with E-state index in [1.165, 1.54) is 12.1 Å². The molecule has 0 fully saturated rings. The highest BCUT2D eigenvalue weighted by atomic mass is 32.2. The number of benzene rings is 2. The number of H-pyrrole nitrogens is 1. The Hall–Kier alpha value is -3.13. The van der Waals surface area contributed by atoms with Gasteiger partial charge in [0.2, 0.25) is 5.16 Å². The number of hydrogen-bond donors (Lipinski definition) is 2. The molecule has 0 saturated heterocycles. The van der Waals surface area contributed by atoms with Crippen molar-refractivity contribution in [3.05, 3.63) is 76.2 Å². The van der Waals surface area contributed by atoms with E-state index in [9.17, 15) is 14.3 Å². The van der Waals surface area contributed by atoms with Crippen molar-refractivity contribution in [3.63, 3.8) is 0 Å². The van der Waals surface area contributed by atoms with Crippen LogP contribution < -0.4 is 4.74 Å². The lowest BCUT2D eigenvalue weighted by atomic mass is 10.2. The molecule has 6 nitrogen and oxygen atoms in total. The fourth-order valence-corrected chi connectivity index (χ4v) is 3.27. The van der Waals surface area contributed by atoms with Gasteiger partial charge >= 0.3 is 5.97 Å². The summed E-state index contributed by atoms with van der Waals surface area (Å²) in [6.07, 6.45) is 3.15. The van der Waals surface area contributed by atoms with Crippen molar-refractivity contribution in [1.29, 1.82) is 0 Å². The number of ether oxygens (including phenoxy) is 1. The normalized spacial score (nSPS) is 11.4. The summed E-state index contributed by atoms with van der Waals surface area (Å²) in [6, 6.07) is 13.4. The molecule has 1 aromatic heterocycles. The molecule has 0 amide bonds. The van der Waals surface area contributed by atoms with Gasteiger partial charge in [-0.1, -0.05) is 43.3 Å². The fraction of sp³-hybridized carbons (Fsp3) is 0.190. The molecule has 0 spiro atoms. The molecule has 29 heavy (non-hydrogen) atoms. The van der Waals surface area contributed by atoms with Gasteiger partial charge in [0.15, 0.2) is 0 Å². The Bertz CT molecular complexity index is 1020. The first-order valence-corrected chi connectivity index (χ1v) is 9.87. The highest BCUT2D eigenvalue weighted by molar-refractivity contribution is 8.04. The maximum atomic E-state index is 13.8. The zero-order valence-corrected chi connectivity index (χ0v) is 16.6. The zero-order chi connectivity index (χ0) is 20.6. The van der Waals surface area contributed by atoms with Crippen molar-refractivity contribution in [2.75, 3.05) is 0 Å². The van der Waals surface area contributed by atoms with Crippen LogP contribution in [0.2, 0.25) is 0 Å². The van der Waals surface area contributed by atoms with E-state index >= 15 is 0 Å². The molecule has 2 aromatic carbocycles. The van der Waals surface area contributed by atoms with Crippen LogP contribution >= 0.6 is 11.8 Å². The number of halogens is 1. The average molecular weight is 413 g/mol. The van der Waals surface area contributed by atoms with Crippen LogP contribution in [0.25, 0.3) is 6.08 Å². The summed E-state index contributed by atoms with van der Waals surface area (Å²) in [6.45, 7) is 2.06. The van der Waals surface area contributed by atoms with Crippen LogP contribution in [0.4, 0.5) is 4.39 Å². The van der Waals surface area contributed by atoms with Crippen molar-refractivity contribution >= 4 is 23.8 Å². The molecule has 3 rings (SSSR count). The third-order valence-electron chi connectivity index (χ3n) is 3.96. The Kier molecular flexibility index (Phi) is 7.02. The molecule has 0 aliphatic heterocycles. The van der Waals surface area contributed by atoms with Crippen molar-refractivity contribution < 1.29 is 19.0 Å². The number of nitrogens with zero attached hydrogens (tertiary/aromatic N) is 2. The molecule has 0 saturated carbocycles. The number of carbonyl (C=O) groups is 1. The quantitative estimate of drug-likeness (QED) is 0.391. The molecule has 0 unspecified atom stereocenters. The number of aromatic nitrogens is 3. The average Bonchev–Trinajstić information content (AvgIpc) is 3.15. The number of nitrogens with one attached hydrogen (secondary N) is 1. The number of aryl methyl sites for hydroxylation is 1. The predicted octanol–water partition coefficient (Wildman–Crippen LogP) is 4.69. The van der Waals surface area contributed by atoms with E-state index in [0.717, 1.165) is 24.6 Å². The van der Waals surface area contributed by atoms with Gasteiger partial charge in [0.1, 0.15) is 28.9 Å². The highest BCUT2D eigenvalue weighted by Crippen LogP contribution is 2.29. The third-order valence-corrected chi connectivity index (χ3v) is 4.83. The summed E-state index contributed by atoms with van der Waals surface area (Å²) < 4.78 is 19.6. The summed E-state index contributed by atoms with van der Waals surface area (Å²) in [7, 11) is 0. The van der Waals surface area contributed by atoms with Crippen LogP contribution in [-0.4, -0.2) is 26.3 Å². The van der Waals surface area contributed by atoms with E-state index in [1.807, 2.05) is 6.92 Å². The molecule has 0 atom stereocenters. The van der Waals surface area contributed by atoms with Crippen LogP contribution in [0.1, 0.15) is 30.3 Å². The molecule has 3 aromatic rings. The number of thioether (sulfide) groups is 1. The van der Waals surface area contributed by atoms with E-state index in [0.29, 0.717) is 27.9 Å². The first kappa shape index (κ1) is 20.6. The summed E-state index contributed by atoms with van der Waals surface area (Å²) in [4.78, 5) is 16.1. The topological polar surface area (TPSA) is 88.1 Å². The number of rotatable bonds is 9. The second-order valence-electron chi connectivity index (χ2n) is 6.15. The van der Waals surface area contributed by atoms with Gasteiger partial charge in [0.05, 0.1) is 0 Å². The van der Waals surface area contributed by atoms with Crippen LogP contribution in [0.3, 0.4) is 0 Å². The van der Waals surface area contributed by atoms with Gasteiger partial charge < -0.3 is 9.84 Å². The lowest BCUT2D eigenvalue weighted by molar-refractivity contribution is -0.131. The van der Waals surface area contributed by atoms with E-state index < -0.39 is 5.97 Å². The zero-order valence-electron chi connectivity index (χ0n) is 15.8. The molecular formula is C21H20FN3O3S. The number of carboxylic acid groups (broad SMARTS) is 1. The van der Waals surface area contributed by atoms with Crippen LogP contribution in [0.15, 0.2) is 58.6 Å². The van der Waals surface area contributed by atoms with Crippen molar-refractivity contribution in [2.24, 2.45) is 0 Å². The maximum Gasteiger partial charge on any atom is 0.342 e. The van der Waals surface area contributed by atoms with Crippen LogP contribution in [0, 0.1) is 5.82 Å². The molecule has 0 bridgehead atoms. The smallest absolute Gasteiger partial charge is 0.342 e. The minimum atomic E-state index is -1.10. The molecule has 0 aliphatic carbocycles. The fourth-order valence-electron chi connectivity index (χ4n) is 2.55. The van der Waals surface area contributed by atoms with Gasteiger partial charge in [0.25, 0.3) is 0 Å². The van der Waals surface area contributed by atoms with Gasteiger partial charge in [0, 0.05) is 17.5 Å². The lowest BCUT2D eigenvalue weighted by Crippen LogP contribution is -2.01. The second-order valence-corrected chi connectivity index (χ2v) is 7.16. The van der Waals surface area contributed by atoms with Gasteiger partial charge in [-0.05, 0) is 36.4 Å². The van der Waals surface area contributed by atoms with Crippen LogP contribution in [0.5, 0.6) is 5.75 Å². The number of aromatic amines is 1. The summed E-state index contributed by atoms with van der Waals surface area (Å²) in [5, 5.41) is 16.8. The first-order valence-electron chi connectivity index (χ1n) is 9.06. The molecule has 0 radical (unpaired) electrons. The Morgan fingerprint density at radius 2 is 2.00 bits per heavy atom. The number of hydrogen-bond acceptors (Lipinski definition) is 5. The minimum Gasteiger partial charge on any atom is -0.488 e. The largest absolute Gasteiger partial charge is 0.488 e. The van der Waals surface area contributed by atoms with Gasteiger partial charge in [-0.15, -0.1) is 5.10 Å². The summed E-state index contributed by atoms with van der Waals surface area (Å²) in [5.41, 5.74) is 0.987. The van der Waals surface area contributed by atoms with E-state index in [1.54, 1.807) is 42.5 Å².